The van der Waals surface area contributed by atoms with Gasteiger partial charge in [0.25, 0.3) is 11.8 Å². The summed E-state index contributed by atoms with van der Waals surface area (Å²) < 4.78 is 15.4. The summed E-state index contributed by atoms with van der Waals surface area (Å²) >= 11 is 0. The van der Waals surface area contributed by atoms with Gasteiger partial charge in [-0.05, 0) is 30.3 Å². The van der Waals surface area contributed by atoms with E-state index in [1.807, 2.05) is 28.8 Å². The van der Waals surface area contributed by atoms with E-state index in [0.717, 1.165) is 21.9 Å². The zero-order valence-corrected chi connectivity index (χ0v) is 15.1. The lowest BCUT2D eigenvalue weighted by molar-refractivity contribution is -0.122. The molecule has 2 heterocycles. The molecule has 1 aliphatic rings. The van der Waals surface area contributed by atoms with Gasteiger partial charge in [-0.15, -0.1) is 6.42 Å². The molecule has 1 fully saturated rings. The number of barbiturate groups is 1. The fourth-order valence-electron chi connectivity index (χ4n) is 3.28. The number of aromatic nitrogens is 1. The number of para-hydroxylation sites is 1. The number of fused-ring (bicyclic) bond motifs is 1. The van der Waals surface area contributed by atoms with Crippen molar-refractivity contribution in [2.75, 3.05) is 4.90 Å². The lowest BCUT2D eigenvalue weighted by atomic mass is 10.1. The fraction of sp³-hybridized carbons (Fsp3) is 0.0455. The van der Waals surface area contributed by atoms with Crippen LogP contribution in [-0.4, -0.2) is 22.4 Å². The van der Waals surface area contributed by atoms with E-state index in [9.17, 15) is 18.8 Å². The number of carbonyl (C=O) groups is 3. The van der Waals surface area contributed by atoms with E-state index in [0.29, 0.717) is 12.1 Å². The molecule has 0 aliphatic carbocycles. The molecule has 0 bridgehead atoms. The maximum atomic E-state index is 13.6. The van der Waals surface area contributed by atoms with E-state index in [1.165, 1.54) is 24.3 Å². The third-order valence-corrected chi connectivity index (χ3v) is 4.55. The number of hydrogen-bond acceptors (Lipinski definition) is 3. The molecule has 6 nitrogen and oxygen atoms in total. The molecular weight excluding hydrogens is 373 g/mol. The first-order valence-corrected chi connectivity index (χ1v) is 8.68. The molecule has 2 aromatic carbocycles. The van der Waals surface area contributed by atoms with Gasteiger partial charge in [0, 0.05) is 22.7 Å². The SMILES string of the molecule is C#CCn1cc(/C=C2\C(=O)NC(=O)N(c3cccc(F)c3)C2=O)c2ccccc21. The largest absolute Gasteiger partial charge is 0.335 e. The van der Waals surface area contributed by atoms with Gasteiger partial charge >= 0.3 is 6.03 Å². The molecule has 4 rings (SSSR count). The van der Waals surface area contributed by atoms with Crippen molar-refractivity contribution < 1.29 is 18.8 Å². The van der Waals surface area contributed by atoms with Crippen molar-refractivity contribution in [1.82, 2.24) is 9.88 Å². The van der Waals surface area contributed by atoms with Crippen LogP contribution in [0.15, 0.2) is 60.3 Å². The van der Waals surface area contributed by atoms with Gasteiger partial charge in [-0.25, -0.2) is 14.1 Å². The Kier molecular flexibility index (Phi) is 4.45. The summed E-state index contributed by atoms with van der Waals surface area (Å²) in [5.74, 6) is 0.296. The Hall–Kier alpha value is -4.18. The number of nitrogens with one attached hydrogen (secondary N) is 1. The summed E-state index contributed by atoms with van der Waals surface area (Å²) in [7, 11) is 0. The number of imide groups is 2. The van der Waals surface area contributed by atoms with Crippen LogP contribution in [0.2, 0.25) is 0 Å². The predicted octanol–water partition coefficient (Wildman–Crippen LogP) is 3.08. The Morgan fingerprint density at radius 2 is 1.90 bits per heavy atom. The summed E-state index contributed by atoms with van der Waals surface area (Å²) in [5, 5.41) is 2.92. The predicted molar refractivity (Wildman–Crippen MR) is 106 cm³/mol. The van der Waals surface area contributed by atoms with Gasteiger partial charge in [0.2, 0.25) is 0 Å². The van der Waals surface area contributed by atoms with Crippen LogP contribution in [0.1, 0.15) is 5.56 Å². The van der Waals surface area contributed by atoms with Gasteiger partial charge in [0.1, 0.15) is 11.4 Å². The Morgan fingerprint density at radius 1 is 1.10 bits per heavy atom. The summed E-state index contributed by atoms with van der Waals surface area (Å²) in [5.41, 5.74) is 1.24. The highest BCUT2D eigenvalue weighted by Gasteiger charge is 2.37. The van der Waals surface area contributed by atoms with Crippen molar-refractivity contribution in [1.29, 1.82) is 0 Å². The van der Waals surface area contributed by atoms with Crippen LogP contribution >= 0.6 is 0 Å². The molecule has 7 heteroatoms. The maximum absolute atomic E-state index is 13.6. The van der Waals surface area contributed by atoms with Crippen LogP contribution in [0, 0.1) is 18.2 Å². The van der Waals surface area contributed by atoms with E-state index < -0.39 is 23.7 Å². The first-order valence-electron chi connectivity index (χ1n) is 8.68. The smallest absolute Gasteiger partial charge is 0.335 e. The number of urea groups is 1. The first-order chi connectivity index (χ1) is 14.0. The molecule has 0 saturated carbocycles. The van der Waals surface area contributed by atoms with Gasteiger partial charge in [-0.2, -0.15) is 0 Å². The Balaban J connectivity index is 1.82. The number of amides is 4. The zero-order chi connectivity index (χ0) is 20.5. The first kappa shape index (κ1) is 18.2. The minimum atomic E-state index is -0.933. The number of rotatable bonds is 3. The third-order valence-electron chi connectivity index (χ3n) is 4.55. The number of benzene rings is 2. The number of anilines is 1. The zero-order valence-electron chi connectivity index (χ0n) is 15.1. The Labute approximate surface area is 165 Å². The lowest BCUT2D eigenvalue weighted by Gasteiger charge is -2.26. The highest BCUT2D eigenvalue weighted by atomic mass is 19.1. The van der Waals surface area contributed by atoms with Crippen LogP contribution < -0.4 is 10.2 Å². The molecule has 0 atom stereocenters. The number of hydrogen-bond donors (Lipinski definition) is 1. The van der Waals surface area contributed by atoms with Gasteiger partial charge < -0.3 is 4.57 Å². The van der Waals surface area contributed by atoms with Gasteiger partial charge in [0.15, 0.2) is 0 Å². The van der Waals surface area contributed by atoms with Crippen LogP contribution in [0.3, 0.4) is 0 Å². The number of terminal acetylenes is 1. The van der Waals surface area contributed by atoms with Crippen molar-refractivity contribution in [3.8, 4) is 12.3 Å². The van der Waals surface area contributed by atoms with Crippen molar-refractivity contribution in [3.05, 3.63) is 71.7 Å². The van der Waals surface area contributed by atoms with Gasteiger partial charge in [0.05, 0.1) is 12.2 Å². The number of nitrogens with zero attached hydrogens (tertiary/aromatic N) is 2. The van der Waals surface area contributed by atoms with Crippen molar-refractivity contribution in [2.24, 2.45) is 0 Å². The average molecular weight is 387 g/mol. The summed E-state index contributed by atoms with van der Waals surface area (Å²) in [4.78, 5) is 38.3. The van der Waals surface area contributed by atoms with Crippen LogP contribution in [0.5, 0.6) is 0 Å². The molecule has 0 radical (unpaired) electrons. The molecule has 1 aliphatic heterocycles. The normalized spacial score (nSPS) is 15.7. The molecular formula is C22H14FN3O3. The second kappa shape index (κ2) is 7.09. The standard InChI is InChI=1S/C22H14FN3O3/c1-2-10-25-13-14(17-8-3-4-9-19(17)25)11-18-20(27)24-22(29)26(21(18)28)16-7-5-6-15(23)12-16/h1,3-9,11-13H,10H2,(H,24,27,29)/b18-11+. The number of carbonyl (C=O) groups excluding carboxylic acids is 3. The van der Waals surface area contributed by atoms with Crippen LogP contribution in [0.4, 0.5) is 14.9 Å². The summed E-state index contributed by atoms with van der Waals surface area (Å²) in [6.07, 6.45) is 8.57. The van der Waals surface area contributed by atoms with E-state index in [1.54, 1.807) is 6.20 Å². The Morgan fingerprint density at radius 3 is 2.66 bits per heavy atom. The highest BCUT2D eigenvalue weighted by Crippen LogP contribution is 2.26. The van der Waals surface area contributed by atoms with Crippen LogP contribution in [-0.2, 0) is 16.1 Å². The molecule has 1 saturated heterocycles. The molecule has 4 amide bonds. The van der Waals surface area contributed by atoms with Gasteiger partial charge in [-0.3, -0.25) is 14.9 Å². The third kappa shape index (κ3) is 3.17. The van der Waals surface area contributed by atoms with E-state index >= 15 is 0 Å². The monoisotopic (exact) mass is 387 g/mol. The molecule has 0 spiro atoms. The van der Waals surface area contributed by atoms with E-state index in [-0.39, 0.29) is 11.3 Å². The topological polar surface area (TPSA) is 71.4 Å². The molecule has 3 aromatic rings. The van der Waals surface area contributed by atoms with Crippen LogP contribution in [0.25, 0.3) is 17.0 Å². The average Bonchev–Trinajstić information content (AvgIpc) is 3.03. The van der Waals surface area contributed by atoms with Crippen molar-refractivity contribution >= 4 is 40.5 Å². The minimum Gasteiger partial charge on any atom is -0.335 e. The second-order valence-electron chi connectivity index (χ2n) is 6.37. The van der Waals surface area contributed by atoms with E-state index in [2.05, 4.69) is 11.2 Å². The fourth-order valence-corrected chi connectivity index (χ4v) is 3.28. The quantitative estimate of drug-likeness (QED) is 0.427. The molecule has 29 heavy (non-hydrogen) atoms. The summed E-state index contributed by atoms with van der Waals surface area (Å²) in [6.45, 7) is 0.317. The van der Waals surface area contributed by atoms with Crippen molar-refractivity contribution in [3.63, 3.8) is 0 Å². The molecule has 142 valence electrons. The Bertz CT molecular complexity index is 1250. The molecule has 0 unspecified atom stereocenters. The van der Waals surface area contributed by atoms with Crippen molar-refractivity contribution in [2.45, 2.75) is 6.54 Å². The summed E-state index contributed by atoms with van der Waals surface area (Å²) in [6, 6.07) is 11.5. The lowest BCUT2D eigenvalue weighted by Crippen LogP contribution is -2.54. The molecule has 1 N–H and O–H groups in total. The molecule has 1 aromatic heterocycles. The van der Waals surface area contributed by atoms with E-state index in [4.69, 9.17) is 6.42 Å². The number of halogens is 1. The van der Waals surface area contributed by atoms with Gasteiger partial charge in [-0.1, -0.05) is 30.2 Å². The maximum Gasteiger partial charge on any atom is 0.335 e. The minimum absolute atomic E-state index is 0.0284. The second-order valence-corrected chi connectivity index (χ2v) is 6.37. The highest BCUT2D eigenvalue weighted by molar-refractivity contribution is 6.39.